The van der Waals surface area contributed by atoms with Crippen molar-refractivity contribution in [3.63, 3.8) is 0 Å². The van der Waals surface area contributed by atoms with Gasteiger partial charge in [-0.25, -0.2) is 4.98 Å². The number of aromatic nitrogens is 1. The number of para-hydroxylation sites is 1. The van der Waals surface area contributed by atoms with Crippen molar-refractivity contribution in [3.05, 3.63) is 36.4 Å². The molecule has 0 bridgehead atoms. The van der Waals surface area contributed by atoms with Gasteiger partial charge in [0.1, 0.15) is 5.82 Å². The number of nitrogens with one attached hydrogen (secondary N) is 1. The quantitative estimate of drug-likeness (QED) is 0.839. The van der Waals surface area contributed by atoms with E-state index in [4.69, 9.17) is 0 Å². The molecular weight excluding hydrogens is 210 g/mol. The van der Waals surface area contributed by atoms with Gasteiger partial charge >= 0.3 is 0 Å². The van der Waals surface area contributed by atoms with Crippen molar-refractivity contribution in [1.29, 1.82) is 0 Å². The van der Waals surface area contributed by atoms with Crippen LogP contribution in [0.5, 0.6) is 0 Å². The lowest BCUT2D eigenvalue weighted by Crippen LogP contribution is -2.30. The van der Waals surface area contributed by atoms with Crippen LogP contribution >= 0.6 is 0 Å². The number of rotatable bonds is 3. The molecule has 3 nitrogen and oxygen atoms in total. The molecule has 0 aliphatic rings. The largest absolute Gasteiger partial charge is 0.365 e. The Hall–Kier alpha value is -1.61. The molecule has 0 radical (unpaired) electrons. The van der Waals surface area contributed by atoms with Crippen molar-refractivity contribution in [2.75, 3.05) is 5.32 Å². The zero-order chi connectivity index (χ0) is 11.6. The maximum atomic E-state index is 4.60. The van der Waals surface area contributed by atoms with E-state index in [9.17, 15) is 0 Å². The van der Waals surface area contributed by atoms with Crippen molar-refractivity contribution in [2.24, 2.45) is 0 Å². The Kier molecular flexibility index (Phi) is 4.07. The Balaban J connectivity index is 0.00000144. The Bertz CT molecular complexity index is 492. The maximum absolute atomic E-state index is 4.60. The van der Waals surface area contributed by atoms with E-state index >= 15 is 0 Å². The molecule has 1 aromatic carbocycles. The average Bonchev–Trinajstić information content (AvgIpc) is 2.28. The van der Waals surface area contributed by atoms with E-state index < -0.39 is 0 Å². The number of hydrogen-bond donors (Lipinski definition) is 2. The van der Waals surface area contributed by atoms with E-state index in [1.54, 1.807) is 0 Å². The Morgan fingerprint density at radius 2 is 1.82 bits per heavy atom. The fraction of sp³-hybridized carbons (Fsp3) is 0.357. The lowest BCUT2D eigenvalue weighted by molar-refractivity contribution is 0.545. The van der Waals surface area contributed by atoms with Gasteiger partial charge < -0.3 is 11.5 Å². The molecule has 0 aliphatic heterocycles. The molecule has 0 amide bonds. The fourth-order valence-electron chi connectivity index (χ4n) is 1.57. The summed E-state index contributed by atoms with van der Waals surface area (Å²) in [5.41, 5.74) is 1.13. The van der Waals surface area contributed by atoms with Crippen LogP contribution in [-0.2, 0) is 0 Å². The van der Waals surface area contributed by atoms with Gasteiger partial charge in [-0.2, -0.15) is 0 Å². The summed E-state index contributed by atoms with van der Waals surface area (Å²) >= 11 is 0. The van der Waals surface area contributed by atoms with Gasteiger partial charge in [0.2, 0.25) is 0 Å². The van der Waals surface area contributed by atoms with Gasteiger partial charge in [-0.1, -0.05) is 25.1 Å². The fourth-order valence-corrected chi connectivity index (χ4v) is 1.57. The second kappa shape index (κ2) is 5.15. The zero-order valence-electron chi connectivity index (χ0n) is 10.8. The summed E-state index contributed by atoms with van der Waals surface area (Å²) in [5, 5.41) is 4.63. The van der Waals surface area contributed by atoms with Gasteiger partial charge in [0.15, 0.2) is 0 Å². The first-order valence-corrected chi connectivity index (χ1v) is 5.75. The molecule has 0 spiro atoms. The first kappa shape index (κ1) is 13.5. The first-order valence-electron chi connectivity index (χ1n) is 5.75. The predicted molar refractivity (Wildman–Crippen MR) is 74.8 cm³/mol. The number of benzene rings is 1. The molecule has 3 heteroatoms. The third kappa shape index (κ3) is 3.17. The van der Waals surface area contributed by atoms with Crippen molar-refractivity contribution < 1.29 is 0 Å². The third-order valence-electron chi connectivity index (χ3n) is 2.95. The highest BCUT2D eigenvalue weighted by molar-refractivity contribution is 5.80. The van der Waals surface area contributed by atoms with Gasteiger partial charge in [-0.3, -0.25) is 0 Å². The number of fused-ring (bicyclic) bond motifs is 1. The van der Waals surface area contributed by atoms with Crippen molar-refractivity contribution >= 4 is 16.7 Å². The second-order valence-electron chi connectivity index (χ2n) is 4.75. The van der Waals surface area contributed by atoms with Gasteiger partial charge in [0.25, 0.3) is 0 Å². The smallest absolute Gasteiger partial charge is 0.127 e. The van der Waals surface area contributed by atoms with E-state index in [1.165, 1.54) is 5.39 Å². The molecule has 1 aromatic heterocycles. The molecule has 1 heterocycles. The van der Waals surface area contributed by atoms with E-state index in [2.05, 4.69) is 43.2 Å². The molecule has 17 heavy (non-hydrogen) atoms. The summed E-state index contributed by atoms with van der Waals surface area (Å²) in [4.78, 5) is 4.60. The molecule has 0 atom stereocenters. The third-order valence-corrected chi connectivity index (χ3v) is 2.95. The lowest BCUT2D eigenvalue weighted by atomic mass is 10.0. The highest BCUT2D eigenvalue weighted by Gasteiger charge is 2.14. The standard InChI is InChI=1S/C14H18N2.H3N/c1-4-14(2,3)16-13-10-9-11-7-5-6-8-12(11)15-13;/h5-10H,4H2,1-3H3,(H,15,16);1H3. The molecule has 4 N–H and O–H groups in total. The molecule has 2 rings (SSSR count). The summed E-state index contributed by atoms with van der Waals surface area (Å²) in [5.74, 6) is 0.950. The second-order valence-corrected chi connectivity index (χ2v) is 4.75. The Morgan fingerprint density at radius 3 is 2.53 bits per heavy atom. The molecule has 0 fully saturated rings. The highest BCUT2D eigenvalue weighted by atomic mass is 15.0. The van der Waals surface area contributed by atoms with E-state index in [1.807, 2.05) is 24.3 Å². The highest BCUT2D eigenvalue weighted by Crippen LogP contribution is 2.19. The maximum Gasteiger partial charge on any atom is 0.127 e. The van der Waals surface area contributed by atoms with Gasteiger partial charge in [-0.05, 0) is 38.5 Å². The van der Waals surface area contributed by atoms with Crippen molar-refractivity contribution in [3.8, 4) is 0 Å². The molecule has 0 aliphatic carbocycles. The van der Waals surface area contributed by atoms with Crippen LogP contribution in [0.15, 0.2) is 36.4 Å². The molecule has 0 saturated heterocycles. The summed E-state index contributed by atoms with van der Waals surface area (Å²) in [6.45, 7) is 6.54. The van der Waals surface area contributed by atoms with Crippen LogP contribution in [0.4, 0.5) is 5.82 Å². The minimum atomic E-state index is 0. The zero-order valence-corrected chi connectivity index (χ0v) is 10.8. The van der Waals surface area contributed by atoms with Crippen LogP contribution in [0.25, 0.3) is 10.9 Å². The SMILES string of the molecule is CCC(C)(C)Nc1ccc2ccccc2n1.N. The monoisotopic (exact) mass is 231 g/mol. The van der Waals surface area contributed by atoms with Gasteiger partial charge in [0.05, 0.1) is 5.52 Å². The molecule has 0 unspecified atom stereocenters. The molecule has 2 aromatic rings. The predicted octanol–water partition coefficient (Wildman–Crippen LogP) is 4.00. The minimum Gasteiger partial charge on any atom is -0.365 e. The van der Waals surface area contributed by atoms with Crippen LogP contribution in [0.2, 0.25) is 0 Å². The summed E-state index contributed by atoms with van der Waals surface area (Å²) in [7, 11) is 0. The number of pyridine rings is 1. The normalized spacial score (nSPS) is 11.0. The average molecular weight is 231 g/mol. The van der Waals surface area contributed by atoms with Crippen molar-refractivity contribution in [2.45, 2.75) is 32.7 Å². The molecular formula is C14H21N3. The molecule has 0 saturated carbocycles. The first-order chi connectivity index (χ1) is 7.61. The minimum absolute atomic E-state index is 0. The number of anilines is 1. The lowest BCUT2D eigenvalue weighted by Gasteiger charge is -2.25. The summed E-state index contributed by atoms with van der Waals surface area (Å²) in [6.07, 6.45) is 1.07. The van der Waals surface area contributed by atoms with Gasteiger partial charge in [0, 0.05) is 10.9 Å². The van der Waals surface area contributed by atoms with Crippen LogP contribution in [-0.4, -0.2) is 10.5 Å². The van der Waals surface area contributed by atoms with Crippen LogP contribution in [0.3, 0.4) is 0 Å². The van der Waals surface area contributed by atoms with Crippen LogP contribution < -0.4 is 11.5 Å². The number of hydrogen-bond acceptors (Lipinski definition) is 3. The summed E-state index contributed by atoms with van der Waals surface area (Å²) < 4.78 is 0. The molecule has 92 valence electrons. The van der Waals surface area contributed by atoms with E-state index in [0.717, 1.165) is 17.8 Å². The van der Waals surface area contributed by atoms with Gasteiger partial charge in [-0.15, -0.1) is 0 Å². The Labute approximate surface area is 103 Å². The van der Waals surface area contributed by atoms with Crippen LogP contribution in [0, 0.1) is 0 Å². The van der Waals surface area contributed by atoms with Crippen molar-refractivity contribution in [1.82, 2.24) is 11.1 Å². The topological polar surface area (TPSA) is 59.9 Å². The number of nitrogens with zero attached hydrogens (tertiary/aromatic N) is 1. The van der Waals surface area contributed by atoms with Crippen LogP contribution in [0.1, 0.15) is 27.2 Å². The van der Waals surface area contributed by atoms with E-state index in [-0.39, 0.29) is 11.7 Å². The Morgan fingerprint density at radius 1 is 1.12 bits per heavy atom. The summed E-state index contributed by atoms with van der Waals surface area (Å²) in [6, 6.07) is 12.3. The van der Waals surface area contributed by atoms with E-state index in [0.29, 0.717) is 0 Å².